The van der Waals surface area contributed by atoms with Gasteiger partial charge in [0.1, 0.15) is 0 Å². The van der Waals surface area contributed by atoms with E-state index in [2.05, 4.69) is 24.5 Å². The number of hydrogen-bond acceptors (Lipinski definition) is 2. The van der Waals surface area contributed by atoms with E-state index in [4.69, 9.17) is 23.2 Å². The lowest BCUT2D eigenvalue weighted by Gasteiger charge is -2.14. The SMILES string of the molecule is C=CC(Cl)(Cl)NCCS. The van der Waals surface area contributed by atoms with Crippen LogP contribution in [0, 0.1) is 0 Å². The molecule has 0 rings (SSSR count). The molecule has 54 valence electrons. The Morgan fingerprint density at radius 3 is 2.56 bits per heavy atom. The van der Waals surface area contributed by atoms with Gasteiger partial charge in [0.25, 0.3) is 0 Å². The fourth-order valence-electron chi connectivity index (χ4n) is 0.295. The van der Waals surface area contributed by atoms with Crippen LogP contribution in [0.1, 0.15) is 0 Å². The van der Waals surface area contributed by atoms with Crippen molar-refractivity contribution >= 4 is 35.8 Å². The number of halogens is 2. The minimum atomic E-state index is -0.997. The molecule has 0 bridgehead atoms. The average molecular weight is 186 g/mol. The smallest absolute Gasteiger partial charge is 0.187 e. The summed E-state index contributed by atoms with van der Waals surface area (Å²) in [6.45, 7) is 4.10. The van der Waals surface area contributed by atoms with Gasteiger partial charge in [0.05, 0.1) is 0 Å². The minimum Gasteiger partial charge on any atom is -0.282 e. The Hall–Kier alpha value is 0.630. The second kappa shape index (κ2) is 4.45. The summed E-state index contributed by atoms with van der Waals surface area (Å²) in [5.41, 5.74) is 0. The van der Waals surface area contributed by atoms with E-state index in [0.29, 0.717) is 12.3 Å². The van der Waals surface area contributed by atoms with Crippen molar-refractivity contribution in [3.05, 3.63) is 12.7 Å². The summed E-state index contributed by atoms with van der Waals surface area (Å²) >= 11 is 15.2. The van der Waals surface area contributed by atoms with Gasteiger partial charge in [-0.05, 0) is 6.08 Å². The molecule has 0 aliphatic carbocycles. The lowest BCUT2D eigenvalue weighted by molar-refractivity contribution is 0.713. The fraction of sp³-hybridized carbons (Fsp3) is 0.600. The Morgan fingerprint density at radius 2 is 2.22 bits per heavy atom. The van der Waals surface area contributed by atoms with Crippen LogP contribution in [0.3, 0.4) is 0 Å². The first-order valence-corrected chi connectivity index (χ1v) is 3.88. The quantitative estimate of drug-likeness (QED) is 0.295. The molecule has 0 radical (unpaired) electrons. The van der Waals surface area contributed by atoms with Gasteiger partial charge in [-0.2, -0.15) is 12.6 Å². The normalized spacial score (nSPS) is 11.4. The summed E-state index contributed by atoms with van der Waals surface area (Å²) in [6, 6.07) is 0. The van der Waals surface area contributed by atoms with E-state index in [1.165, 1.54) is 6.08 Å². The van der Waals surface area contributed by atoms with Crippen molar-refractivity contribution in [1.82, 2.24) is 5.32 Å². The molecule has 0 aromatic heterocycles. The van der Waals surface area contributed by atoms with Crippen molar-refractivity contribution in [3.8, 4) is 0 Å². The molecule has 0 aromatic carbocycles. The molecule has 0 aliphatic rings. The van der Waals surface area contributed by atoms with Crippen LogP contribution in [0.25, 0.3) is 0 Å². The van der Waals surface area contributed by atoms with Gasteiger partial charge >= 0.3 is 0 Å². The Kier molecular flexibility index (Phi) is 4.76. The van der Waals surface area contributed by atoms with E-state index >= 15 is 0 Å². The highest BCUT2D eigenvalue weighted by molar-refractivity contribution is 7.80. The van der Waals surface area contributed by atoms with Crippen molar-refractivity contribution in [2.75, 3.05) is 12.3 Å². The lowest BCUT2D eigenvalue weighted by Crippen LogP contribution is -2.33. The summed E-state index contributed by atoms with van der Waals surface area (Å²) in [5.74, 6) is 0.703. The number of alkyl halides is 2. The maximum atomic E-state index is 5.60. The summed E-state index contributed by atoms with van der Waals surface area (Å²) in [6.07, 6.45) is 1.43. The summed E-state index contributed by atoms with van der Waals surface area (Å²) in [5, 5.41) is 2.79. The van der Waals surface area contributed by atoms with Crippen LogP contribution in [0.2, 0.25) is 0 Å². The minimum absolute atomic E-state index is 0.669. The van der Waals surface area contributed by atoms with E-state index in [-0.39, 0.29) is 0 Å². The number of rotatable bonds is 4. The number of nitrogens with one attached hydrogen (secondary N) is 1. The third kappa shape index (κ3) is 5.09. The highest BCUT2D eigenvalue weighted by Gasteiger charge is 2.15. The van der Waals surface area contributed by atoms with Crippen molar-refractivity contribution in [2.45, 2.75) is 4.46 Å². The Balaban J connectivity index is 3.45. The molecule has 0 spiro atoms. The van der Waals surface area contributed by atoms with Crippen molar-refractivity contribution in [2.24, 2.45) is 0 Å². The van der Waals surface area contributed by atoms with Gasteiger partial charge < -0.3 is 0 Å². The average Bonchev–Trinajstić information content (AvgIpc) is 1.84. The van der Waals surface area contributed by atoms with E-state index in [1.54, 1.807) is 0 Å². The molecule has 0 unspecified atom stereocenters. The second-order valence-corrected chi connectivity index (χ2v) is 3.31. The van der Waals surface area contributed by atoms with Crippen LogP contribution in [0.4, 0.5) is 0 Å². The molecular weight excluding hydrogens is 177 g/mol. The molecule has 1 nitrogen and oxygen atoms in total. The molecule has 0 saturated carbocycles. The maximum Gasteiger partial charge on any atom is 0.187 e. The molecule has 4 heteroatoms. The van der Waals surface area contributed by atoms with Crippen LogP contribution in [-0.4, -0.2) is 16.8 Å². The zero-order valence-electron chi connectivity index (χ0n) is 4.90. The summed E-state index contributed by atoms with van der Waals surface area (Å²) < 4.78 is -0.997. The molecular formula is C5H9Cl2NS. The second-order valence-electron chi connectivity index (χ2n) is 1.48. The molecule has 0 saturated heterocycles. The van der Waals surface area contributed by atoms with Crippen LogP contribution < -0.4 is 5.32 Å². The van der Waals surface area contributed by atoms with Gasteiger partial charge in [-0.25, -0.2) is 0 Å². The predicted octanol–water partition coefficient (Wildman–Crippen LogP) is 1.82. The van der Waals surface area contributed by atoms with Crippen LogP contribution >= 0.6 is 35.8 Å². The van der Waals surface area contributed by atoms with Crippen molar-refractivity contribution < 1.29 is 0 Å². The molecule has 9 heavy (non-hydrogen) atoms. The molecule has 0 fully saturated rings. The van der Waals surface area contributed by atoms with Crippen LogP contribution in [0.15, 0.2) is 12.7 Å². The Morgan fingerprint density at radius 1 is 1.67 bits per heavy atom. The van der Waals surface area contributed by atoms with Crippen LogP contribution in [0.5, 0.6) is 0 Å². The first-order chi connectivity index (χ1) is 4.12. The Bertz CT molecular complexity index is 95.0. The molecule has 0 aromatic rings. The third-order valence-electron chi connectivity index (χ3n) is 0.729. The highest BCUT2D eigenvalue weighted by atomic mass is 35.5. The van der Waals surface area contributed by atoms with Crippen molar-refractivity contribution in [1.29, 1.82) is 0 Å². The molecule has 1 N–H and O–H groups in total. The fourth-order valence-corrected chi connectivity index (χ4v) is 0.596. The van der Waals surface area contributed by atoms with Gasteiger partial charge in [0, 0.05) is 12.3 Å². The number of hydrogen-bond donors (Lipinski definition) is 2. The maximum absolute atomic E-state index is 5.60. The monoisotopic (exact) mass is 185 g/mol. The van der Waals surface area contributed by atoms with Gasteiger partial charge in [0.2, 0.25) is 0 Å². The van der Waals surface area contributed by atoms with Gasteiger partial charge in [-0.3, -0.25) is 5.32 Å². The summed E-state index contributed by atoms with van der Waals surface area (Å²) in [7, 11) is 0. The van der Waals surface area contributed by atoms with E-state index in [9.17, 15) is 0 Å². The number of thiol groups is 1. The molecule has 0 amide bonds. The first-order valence-electron chi connectivity index (χ1n) is 2.49. The first kappa shape index (κ1) is 9.63. The van der Waals surface area contributed by atoms with Crippen LogP contribution in [-0.2, 0) is 0 Å². The van der Waals surface area contributed by atoms with E-state index in [0.717, 1.165) is 0 Å². The van der Waals surface area contributed by atoms with Gasteiger partial charge in [0.15, 0.2) is 4.46 Å². The summed E-state index contributed by atoms with van der Waals surface area (Å²) in [4.78, 5) is 0. The molecule has 0 aliphatic heterocycles. The zero-order chi connectivity index (χ0) is 7.33. The molecule has 0 atom stereocenters. The Labute approximate surface area is 70.8 Å². The predicted molar refractivity (Wildman–Crippen MR) is 46.5 cm³/mol. The van der Waals surface area contributed by atoms with Gasteiger partial charge in [-0.15, -0.1) is 0 Å². The molecule has 0 heterocycles. The standard InChI is InChI=1S/C5H9Cl2NS/c1-2-5(6,7)8-3-4-9/h2,8-9H,1,3-4H2. The van der Waals surface area contributed by atoms with E-state index < -0.39 is 4.46 Å². The largest absolute Gasteiger partial charge is 0.282 e. The lowest BCUT2D eigenvalue weighted by atomic mass is 10.6. The highest BCUT2D eigenvalue weighted by Crippen LogP contribution is 2.16. The van der Waals surface area contributed by atoms with Gasteiger partial charge in [-0.1, -0.05) is 29.8 Å². The third-order valence-corrected chi connectivity index (χ3v) is 1.53. The zero-order valence-corrected chi connectivity index (χ0v) is 7.31. The van der Waals surface area contributed by atoms with E-state index in [1.807, 2.05) is 0 Å². The van der Waals surface area contributed by atoms with Crippen molar-refractivity contribution in [3.63, 3.8) is 0 Å². The topological polar surface area (TPSA) is 12.0 Å².